The van der Waals surface area contributed by atoms with Crippen LogP contribution >= 0.6 is 0 Å². The zero-order chi connectivity index (χ0) is 9.31. The molecule has 0 heterocycles. The number of hydrogen-bond donors (Lipinski definition) is 2. The quantitative estimate of drug-likeness (QED) is 0.653. The van der Waals surface area contributed by atoms with Gasteiger partial charge in [-0.25, -0.2) is 0 Å². The van der Waals surface area contributed by atoms with Crippen LogP contribution in [0, 0.1) is 5.92 Å². The van der Waals surface area contributed by atoms with Crippen molar-refractivity contribution in [1.29, 1.82) is 0 Å². The number of aliphatic hydroxyl groups is 2. The van der Waals surface area contributed by atoms with Crippen molar-refractivity contribution >= 4 is 0 Å². The van der Waals surface area contributed by atoms with E-state index in [0.29, 0.717) is 5.92 Å². The van der Waals surface area contributed by atoms with Crippen LogP contribution in [-0.4, -0.2) is 21.9 Å². The van der Waals surface area contributed by atoms with Crippen LogP contribution in [0.15, 0.2) is 0 Å². The average molecular weight is 184 g/mol. The molecule has 2 aliphatic carbocycles. The van der Waals surface area contributed by atoms with Crippen LogP contribution in [0.1, 0.15) is 51.4 Å². The molecule has 2 heteroatoms. The molecule has 2 fully saturated rings. The first-order valence-corrected chi connectivity index (χ1v) is 5.61. The van der Waals surface area contributed by atoms with E-state index in [4.69, 9.17) is 0 Å². The topological polar surface area (TPSA) is 40.5 Å². The van der Waals surface area contributed by atoms with Crippen molar-refractivity contribution in [2.24, 2.45) is 5.92 Å². The van der Waals surface area contributed by atoms with Crippen molar-refractivity contribution in [3.8, 4) is 0 Å². The van der Waals surface area contributed by atoms with Crippen LogP contribution < -0.4 is 0 Å². The van der Waals surface area contributed by atoms with Gasteiger partial charge in [0, 0.05) is 0 Å². The summed E-state index contributed by atoms with van der Waals surface area (Å²) < 4.78 is 0. The molecule has 13 heavy (non-hydrogen) atoms. The second kappa shape index (κ2) is 3.58. The minimum Gasteiger partial charge on any atom is -0.393 e. The molecule has 0 bridgehead atoms. The van der Waals surface area contributed by atoms with Crippen molar-refractivity contribution < 1.29 is 10.2 Å². The highest BCUT2D eigenvalue weighted by Crippen LogP contribution is 2.42. The molecular weight excluding hydrogens is 164 g/mol. The Bertz CT molecular complexity index is 165. The van der Waals surface area contributed by atoms with E-state index in [0.717, 1.165) is 38.5 Å². The molecule has 2 rings (SSSR count). The lowest BCUT2D eigenvalue weighted by molar-refractivity contribution is -0.0419. The maximum absolute atomic E-state index is 10.3. The maximum Gasteiger partial charge on any atom is 0.0675 e. The lowest BCUT2D eigenvalue weighted by atomic mass is 9.75. The molecule has 76 valence electrons. The van der Waals surface area contributed by atoms with E-state index in [1.165, 1.54) is 12.8 Å². The summed E-state index contributed by atoms with van der Waals surface area (Å²) in [4.78, 5) is 0. The Balaban J connectivity index is 1.93. The zero-order valence-electron chi connectivity index (χ0n) is 8.21. The fraction of sp³-hybridized carbons (Fsp3) is 1.00. The van der Waals surface area contributed by atoms with E-state index in [1.54, 1.807) is 0 Å². The van der Waals surface area contributed by atoms with Crippen LogP contribution in [0.25, 0.3) is 0 Å². The van der Waals surface area contributed by atoms with Gasteiger partial charge in [-0.2, -0.15) is 0 Å². The molecule has 0 aromatic carbocycles. The highest BCUT2D eigenvalue weighted by Gasteiger charge is 2.40. The van der Waals surface area contributed by atoms with Gasteiger partial charge in [0.15, 0.2) is 0 Å². The third-order valence-electron chi connectivity index (χ3n) is 3.93. The molecule has 0 unspecified atom stereocenters. The zero-order valence-corrected chi connectivity index (χ0v) is 8.21. The van der Waals surface area contributed by atoms with Crippen LogP contribution in [0.2, 0.25) is 0 Å². The van der Waals surface area contributed by atoms with Crippen molar-refractivity contribution in [3.63, 3.8) is 0 Å². The van der Waals surface area contributed by atoms with E-state index in [-0.39, 0.29) is 11.7 Å². The minimum atomic E-state index is -0.361. The summed E-state index contributed by atoms with van der Waals surface area (Å²) in [5.74, 6) is 0.471. The standard InChI is InChI=1S/C11H20O2/c12-10-5-3-9(4-6-10)11(13)7-1-2-8-11/h9-10,12-13H,1-8H2. The van der Waals surface area contributed by atoms with Crippen molar-refractivity contribution in [2.75, 3.05) is 0 Å². The average Bonchev–Trinajstić information content (AvgIpc) is 2.54. The Labute approximate surface area is 80.0 Å². The molecule has 0 aromatic rings. The van der Waals surface area contributed by atoms with Gasteiger partial charge in [-0.05, 0) is 44.4 Å². The first-order valence-electron chi connectivity index (χ1n) is 5.61. The minimum absolute atomic E-state index is 0.0961. The predicted octanol–water partition coefficient (Wildman–Crippen LogP) is 1.84. The van der Waals surface area contributed by atoms with E-state index in [2.05, 4.69) is 0 Å². The third-order valence-corrected chi connectivity index (χ3v) is 3.93. The maximum atomic E-state index is 10.3. The number of aliphatic hydroxyl groups excluding tert-OH is 1. The van der Waals surface area contributed by atoms with Crippen LogP contribution in [-0.2, 0) is 0 Å². The summed E-state index contributed by atoms with van der Waals surface area (Å²) in [7, 11) is 0. The number of rotatable bonds is 1. The normalized spacial score (nSPS) is 39.2. The fourth-order valence-corrected chi connectivity index (χ4v) is 3.01. The highest BCUT2D eigenvalue weighted by molar-refractivity contribution is 4.92. The van der Waals surface area contributed by atoms with Crippen LogP contribution in [0.4, 0.5) is 0 Å². The van der Waals surface area contributed by atoms with Gasteiger partial charge >= 0.3 is 0 Å². The molecular formula is C11H20O2. The summed E-state index contributed by atoms with van der Waals surface area (Å²) in [5, 5.41) is 19.7. The van der Waals surface area contributed by atoms with Crippen molar-refractivity contribution in [3.05, 3.63) is 0 Å². The Morgan fingerprint density at radius 3 is 2.00 bits per heavy atom. The van der Waals surface area contributed by atoms with Crippen molar-refractivity contribution in [1.82, 2.24) is 0 Å². The van der Waals surface area contributed by atoms with Gasteiger partial charge in [-0.15, -0.1) is 0 Å². The second-order valence-electron chi connectivity index (χ2n) is 4.82. The molecule has 2 saturated carbocycles. The monoisotopic (exact) mass is 184 g/mol. The summed E-state index contributed by atoms with van der Waals surface area (Å²) in [6.45, 7) is 0. The molecule has 0 amide bonds. The SMILES string of the molecule is OC1CCC(C2(O)CCCC2)CC1. The fourth-order valence-electron chi connectivity index (χ4n) is 3.01. The van der Waals surface area contributed by atoms with Gasteiger partial charge in [-0.1, -0.05) is 12.8 Å². The highest BCUT2D eigenvalue weighted by atomic mass is 16.3. The second-order valence-corrected chi connectivity index (χ2v) is 4.82. The van der Waals surface area contributed by atoms with E-state index >= 15 is 0 Å². The van der Waals surface area contributed by atoms with Gasteiger partial charge in [-0.3, -0.25) is 0 Å². The van der Waals surface area contributed by atoms with Crippen molar-refractivity contribution in [2.45, 2.75) is 63.1 Å². The first kappa shape index (κ1) is 9.47. The largest absolute Gasteiger partial charge is 0.393 e. The van der Waals surface area contributed by atoms with E-state index in [9.17, 15) is 10.2 Å². The lowest BCUT2D eigenvalue weighted by Crippen LogP contribution is -2.38. The smallest absolute Gasteiger partial charge is 0.0675 e. The molecule has 0 spiro atoms. The van der Waals surface area contributed by atoms with Gasteiger partial charge in [0.25, 0.3) is 0 Å². The molecule has 2 nitrogen and oxygen atoms in total. The van der Waals surface area contributed by atoms with E-state index < -0.39 is 0 Å². The van der Waals surface area contributed by atoms with Gasteiger partial charge in [0.1, 0.15) is 0 Å². The molecule has 0 aliphatic heterocycles. The number of hydrogen-bond acceptors (Lipinski definition) is 2. The third kappa shape index (κ3) is 1.89. The molecule has 0 saturated heterocycles. The lowest BCUT2D eigenvalue weighted by Gasteiger charge is -2.36. The van der Waals surface area contributed by atoms with Gasteiger partial charge < -0.3 is 10.2 Å². The van der Waals surface area contributed by atoms with Crippen LogP contribution in [0.3, 0.4) is 0 Å². The van der Waals surface area contributed by atoms with Gasteiger partial charge in [0.05, 0.1) is 11.7 Å². The Kier molecular flexibility index (Phi) is 2.61. The summed E-state index contributed by atoms with van der Waals surface area (Å²) >= 11 is 0. The van der Waals surface area contributed by atoms with Crippen LogP contribution in [0.5, 0.6) is 0 Å². The summed E-state index contributed by atoms with van der Waals surface area (Å²) in [6.07, 6.45) is 8.11. The Hall–Kier alpha value is -0.0800. The molecule has 0 atom stereocenters. The summed E-state index contributed by atoms with van der Waals surface area (Å²) in [6, 6.07) is 0. The molecule has 0 radical (unpaired) electrons. The van der Waals surface area contributed by atoms with E-state index in [1.807, 2.05) is 0 Å². The molecule has 2 N–H and O–H groups in total. The first-order chi connectivity index (χ1) is 6.21. The Morgan fingerprint density at radius 2 is 1.46 bits per heavy atom. The molecule has 0 aromatic heterocycles. The molecule has 2 aliphatic rings. The predicted molar refractivity (Wildman–Crippen MR) is 51.4 cm³/mol. The van der Waals surface area contributed by atoms with Gasteiger partial charge in [0.2, 0.25) is 0 Å². The summed E-state index contributed by atoms with van der Waals surface area (Å²) in [5.41, 5.74) is -0.361. The Morgan fingerprint density at radius 1 is 0.923 bits per heavy atom.